The number of hydrogen-bond donors (Lipinski definition) is 2. The highest BCUT2D eigenvalue weighted by Gasteiger charge is 2.16. The fourth-order valence-corrected chi connectivity index (χ4v) is 2.99. The second-order valence-electron chi connectivity index (χ2n) is 5.49. The van der Waals surface area contributed by atoms with Gasteiger partial charge in [-0.3, -0.25) is 10.1 Å². The Morgan fingerprint density at radius 1 is 1.04 bits per heavy atom. The first-order valence-corrected chi connectivity index (χ1v) is 8.47. The van der Waals surface area contributed by atoms with Crippen LogP contribution in [-0.4, -0.2) is 4.92 Å². The molecular weight excluding hydrogens is 382 g/mol. The van der Waals surface area contributed by atoms with Crippen molar-refractivity contribution in [2.45, 2.75) is 6.54 Å². The summed E-state index contributed by atoms with van der Waals surface area (Å²) in [5.41, 5.74) is 10.00. The van der Waals surface area contributed by atoms with Crippen LogP contribution >= 0.6 is 15.9 Å². The monoisotopic (exact) mass is 397 g/mol. The molecule has 0 unspecified atom stereocenters. The van der Waals surface area contributed by atoms with Gasteiger partial charge in [-0.2, -0.15) is 0 Å². The van der Waals surface area contributed by atoms with Gasteiger partial charge in [0.2, 0.25) is 0 Å². The maximum atomic E-state index is 11.3. The largest absolute Gasteiger partial charge is 0.355 e. The summed E-state index contributed by atoms with van der Waals surface area (Å²) in [4.78, 5) is 10.9. The fraction of sp³-hybridized carbons (Fsp3) is 0.0526. The maximum Gasteiger partial charge on any atom is 0.277 e. The molecule has 0 heterocycles. The Bertz CT molecular complexity index is 914. The zero-order valence-electron chi connectivity index (χ0n) is 13.3. The summed E-state index contributed by atoms with van der Waals surface area (Å²) in [5.74, 6) is 0. The minimum absolute atomic E-state index is 0.0648. The number of nitro benzene ring substituents is 1. The third-order valence-electron chi connectivity index (χ3n) is 3.84. The first-order valence-electron chi connectivity index (χ1n) is 7.68. The fourth-order valence-electron chi connectivity index (χ4n) is 2.63. The van der Waals surface area contributed by atoms with Crippen molar-refractivity contribution in [2.75, 3.05) is 5.32 Å². The number of para-hydroxylation sites is 1. The highest BCUT2D eigenvalue weighted by Crippen LogP contribution is 2.34. The molecule has 0 bridgehead atoms. The van der Waals surface area contributed by atoms with Crippen molar-refractivity contribution < 1.29 is 4.92 Å². The Kier molecular flexibility index (Phi) is 5.11. The smallest absolute Gasteiger partial charge is 0.277 e. The van der Waals surface area contributed by atoms with Gasteiger partial charge >= 0.3 is 0 Å². The zero-order valence-corrected chi connectivity index (χ0v) is 14.9. The van der Waals surface area contributed by atoms with Gasteiger partial charge in [0.25, 0.3) is 5.69 Å². The lowest BCUT2D eigenvalue weighted by atomic mass is 10.00. The standard InChI is InChI=1S/C19H16BrN3O2/c20-15-7-9-19(23(24)25)17(11-15)13-6-8-18(14(10-13)12-21)22-16-4-2-1-3-5-16/h1-11,22H,12,21H2. The molecule has 0 aliphatic carbocycles. The van der Waals surface area contributed by atoms with E-state index in [0.29, 0.717) is 12.1 Å². The Morgan fingerprint density at radius 3 is 2.48 bits per heavy atom. The number of halogens is 1. The minimum Gasteiger partial charge on any atom is -0.355 e. The second-order valence-corrected chi connectivity index (χ2v) is 6.40. The van der Waals surface area contributed by atoms with E-state index in [-0.39, 0.29) is 10.6 Å². The van der Waals surface area contributed by atoms with Crippen molar-refractivity contribution in [1.29, 1.82) is 0 Å². The van der Waals surface area contributed by atoms with Gasteiger partial charge in [0, 0.05) is 28.5 Å². The molecule has 0 aromatic heterocycles. The molecule has 3 N–H and O–H groups in total. The summed E-state index contributed by atoms with van der Waals surface area (Å²) in [6.45, 7) is 0.324. The lowest BCUT2D eigenvalue weighted by Crippen LogP contribution is -2.02. The molecule has 5 nitrogen and oxygen atoms in total. The lowest BCUT2D eigenvalue weighted by molar-refractivity contribution is -0.384. The number of anilines is 2. The van der Waals surface area contributed by atoms with E-state index in [0.717, 1.165) is 27.0 Å². The summed E-state index contributed by atoms with van der Waals surface area (Å²) in [5, 5.41) is 14.6. The van der Waals surface area contributed by atoms with Gasteiger partial charge in [-0.05, 0) is 47.5 Å². The van der Waals surface area contributed by atoms with E-state index in [1.54, 1.807) is 12.1 Å². The number of nitro groups is 1. The first-order chi connectivity index (χ1) is 12.1. The first kappa shape index (κ1) is 17.1. The average Bonchev–Trinajstić information content (AvgIpc) is 2.62. The van der Waals surface area contributed by atoms with Crippen LogP contribution in [0.5, 0.6) is 0 Å². The van der Waals surface area contributed by atoms with Crippen LogP contribution in [0, 0.1) is 10.1 Å². The predicted octanol–water partition coefficient (Wildman–Crippen LogP) is 5.23. The minimum atomic E-state index is -0.375. The van der Waals surface area contributed by atoms with Gasteiger partial charge in [0.05, 0.1) is 10.5 Å². The molecule has 126 valence electrons. The van der Waals surface area contributed by atoms with Crippen LogP contribution in [0.3, 0.4) is 0 Å². The van der Waals surface area contributed by atoms with Crippen LogP contribution in [0.2, 0.25) is 0 Å². The van der Waals surface area contributed by atoms with E-state index in [1.165, 1.54) is 6.07 Å². The molecule has 3 aromatic rings. The molecule has 0 saturated carbocycles. The van der Waals surface area contributed by atoms with E-state index >= 15 is 0 Å². The van der Waals surface area contributed by atoms with E-state index in [9.17, 15) is 10.1 Å². The molecule has 3 aromatic carbocycles. The predicted molar refractivity (Wildman–Crippen MR) is 104 cm³/mol. The molecule has 3 rings (SSSR count). The summed E-state index contributed by atoms with van der Waals surface area (Å²) in [6.07, 6.45) is 0. The number of nitrogens with two attached hydrogens (primary N) is 1. The van der Waals surface area contributed by atoms with Crippen molar-refractivity contribution in [3.63, 3.8) is 0 Å². The van der Waals surface area contributed by atoms with Crippen molar-refractivity contribution in [3.8, 4) is 11.1 Å². The third kappa shape index (κ3) is 3.87. The van der Waals surface area contributed by atoms with E-state index in [2.05, 4.69) is 21.2 Å². The van der Waals surface area contributed by atoms with Gasteiger partial charge in [0.1, 0.15) is 0 Å². The molecule has 0 fully saturated rings. The molecule has 25 heavy (non-hydrogen) atoms. The molecule has 0 radical (unpaired) electrons. The van der Waals surface area contributed by atoms with Gasteiger partial charge < -0.3 is 11.1 Å². The van der Waals surface area contributed by atoms with Crippen molar-refractivity contribution in [3.05, 3.63) is 86.9 Å². The van der Waals surface area contributed by atoms with Crippen LogP contribution < -0.4 is 11.1 Å². The summed E-state index contributed by atoms with van der Waals surface area (Å²) < 4.78 is 0.786. The summed E-state index contributed by atoms with van der Waals surface area (Å²) >= 11 is 3.38. The SMILES string of the molecule is NCc1cc(-c2cc(Br)ccc2[N+](=O)[O-])ccc1Nc1ccccc1. The van der Waals surface area contributed by atoms with Crippen molar-refractivity contribution in [1.82, 2.24) is 0 Å². The number of benzene rings is 3. The maximum absolute atomic E-state index is 11.3. The molecule has 0 saturated heterocycles. The average molecular weight is 398 g/mol. The summed E-state index contributed by atoms with van der Waals surface area (Å²) in [7, 11) is 0. The Hall–Kier alpha value is -2.70. The van der Waals surface area contributed by atoms with Gasteiger partial charge in [-0.1, -0.05) is 40.2 Å². The molecule has 0 aliphatic heterocycles. The molecular formula is C19H16BrN3O2. The molecule has 0 atom stereocenters. The second kappa shape index (κ2) is 7.46. The number of hydrogen-bond acceptors (Lipinski definition) is 4. The van der Waals surface area contributed by atoms with Crippen LogP contribution in [0.4, 0.5) is 17.1 Å². The lowest BCUT2D eigenvalue weighted by Gasteiger charge is -2.13. The van der Waals surface area contributed by atoms with E-state index in [4.69, 9.17) is 5.73 Å². The Labute approximate surface area is 153 Å². The topological polar surface area (TPSA) is 81.2 Å². The molecule has 0 spiro atoms. The van der Waals surface area contributed by atoms with Crippen LogP contribution in [-0.2, 0) is 6.54 Å². The molecule has 6 heteroatoms. The number of nitrogens with zero attached hydrogens (tertiary/aromatic N) is 1. The van der Waals surface area contributed by atoms with Crippen molar-refractivity contribution in [2.24, 2.45) is 5.73 Å². The van der Waals surface area contributed by atoms with E-state index < -0.39 is 0 Å². The number of nitrogens with one attached hydrogen (secondary N) is 1. The van der Waals surface area contributed by atoms with Gasteiger partial charge in [-0.15, -0.1) is 0 Å². The molecule has 0 amide bonds. The molecule has 0 aliphatic rings. The van der Waals surface area contributed by atoms with Crippen LogP contribution in [0.25, 0.3) is 11.1 Å². The Morgan fingerprint density at radius 2 is 1.80 bits per heavy atom. The highest BCUT2D eigenvalue weighted by atomic mass is 79.9. The Balaban J connectivity index is 2.03. The van der Waals surface area contributed by atoms with Gasteiger partial charge in [-0.25, -0.2) is 0 Å². The summed E-state index contributed by atoms with van der Waals surface area (Å²) in [6, 6.07) is 20.3. The van der Waals surface area contributed by atoms with Gasteiger partial charge in [0.15, 0.2) is 0 Å². The quantitative estimate of drug-likeness (QED) is 0.456. The van der Waals surface area contributed by atoms with E-state index in [1.807, 2.05) is 48.5 Å². The van der Waals surface area contributed by atoms with Crippen molar-refractivity contribution >= 4 is 33.0 Å². The zero-order chi connectivity index (χ0) is 17.8. The van der Waals surface area contributed by atoms with Crippen LogP contribution in [0.1, 0.15) is 5.56 Å². The third-order valence-corrected chi connectivity index (χ3v) is 4.34. The normalized spacial score (nSPS) is 10.5. The highest BCUT2D eigenvalue weighted by molar-refractivity contribution is 9.10. The van der Waals surface area contributed by atoms with Crippen LogP contribution in [0.15, 0.2) is 71.2 Å². The number of rotatable bonds is 5.